The zero-order valence-corrected chi connectivity index (χ0v) is 14.8. The highest BCUT2D eigenvalue weighted by Crippen LogP contribution is 2.39. The van der Waals surface area contributed by atoms with Gasteiger partial charge in [0.25, 0.3) is 0 Å². The third kappa shape index (κ3) is 2.94. The Labute approximate surface area is 158 Å². The molecule has 0 saturated heterocycles. The summed E-state index contributed by atoms with van der Waals surface area (Å²) in [6.45, 7) is 0. The summed E-state index contributed by atoms with van der Waals surface area (Å²) in [5.74, 6) is 1.67. The molecule has 6 nitrogen and oxygen atoms in total. The number of hydrogen-bond donors (Lipinski definition) is 0. The van der Waals surface area contributed by atoms with Crippen LogP contribution in [0.4, 0.5) is 0 Å². The van der Waals surface area contributed by atoms with E-state index in [9.17, 15) is 0 Å². The van der Waals surface area contributed by atoms with E-state index < -0.39 is 0 Å². The van der Waals surface area contributed by atoms with Crippen molar-refractivity contribution in [2.75, 3.05) is 0 Å². The van der Waals surface area contributed by atoms with Gasteiger partial charge in [0.1, 0.15) is 16.9 Å². The number of benzene rings is 2. The van der Waals surface area contributed by atoms with E-state index in [1.165, 1.54) is 12.7 Å². The van der Waals surface area contributed by atoms with Gasteiger partial charge in [-0.25, -0.2) is 9.97 Å². The third-order valence-corrected chi connectivity index (χ3v) is 4.98. The van der Waals surface area contributed by atoms with E-state index in [-0.39, 0.29) is 0 Å². The van der Waals surface area contributed by atoms with Gasteiger partial charge >= 0.3 is 0 Å². The molecule has 0 radical (unpaired) electrons. The number of hydrogen-bond acceptors (Lipinski definition) is 7. The van der Waals surface area contributed by atoms with Crippen LogP contribution in [0.25, 0.3) is 32.8 Å². The van der Waals surface area contributed by atoms with Gasteiger partial charge in [0, 0.05) is 16.5 Å². The number of fused-ring (bicyclic) bond motifs is 1. The summed E-state index contributed by atoms with van der Waals surface area (Å²) in [6, 6.07) is 17.6. The van der Waals surface area contributed by atoms with E-state index >= 15 is 0 Å². The molecular formula is C20H12N4O2S. The van der Waals surface area contributed by atoms with Crippen molar-refractivity contribution in [3.63, 3.8) is 0 Å². The maximum Gasteiger partial charge on any atom is 0.247 e. The summed E-state index contributed by atoms with van der Waals surface area (Å²) < 4.78 is 11.3. The molecule has 0 N–H and O–H groups in total. The van der Waals surface area contributed by atoms with Gasteiger partial charge in [0.2, 0.25) is 18.2 Å². The molecule has 0 unspecified atom stereocenters. The SMILES string of the molecule is c1ccc(-c2csc3ncnc(Oc4ccc(-c5nnco5)cc4)c23)cc1. The first-order valence-electron chi connectivity index (χ1n) is 8.20. The molecule has 0 aliphatic rings. The molecule has 3 aromatic heterocycles. The van der Waals surface area contributed by atoms with E-state index in [1.54, 1.807) is 11.3 Å². The Bertz CT molecular complexity index is 1190. The topological polar surface area (TPSA) is 73.9 Å². The summed E-state index contributed by atoms with van der Waals surface area (Å²) >= 11 is 1.58. The van der Waals surface area contributed by atoms with E-state index in [4.69, 9.17) is 9.15 Å². The molecule has 5 aromatic rings. The Balaban J connectivity index is 1.53. The zero-order chi connectivity index (χ0) is 18.1. The molecule has 0 aliphatic carbocycles. The van der Waals surface area contributed by atoms with Crippen LogP contribution in [-0.2, 0) is 0 Å². The van der Waals surface area contributed by atoms with Crippen LogP contribution < -0.4 is 4.74 Å². The smallest absolute Gasteiger partial charge is 0.247 e. The lowest BCUT2D eigenvalue weighted by molar-refractivity contribution is 0.468. The predicted molar refractivity (Wildman–Crippen MR) is 103 cm³/mol. The predicted octanol–water partition coefficient (Wildman–Crippen LogP) is 5.20. The van der Waals surface area contributed by atoms with Crippen LogP contribution in [0.2, 0.25) is 0 Å². The summed E-state index contributed by atoms with van der Waals surface area (Å²) in [7, 11) is 0. The Hall–Kier alpha value is -3.58. The second-order valence-electron chi connectivity index (χ2n) is 5.74. The number of aromatic nitrogens is 4. The van der Waals surface area contributed by atoms with Crippen molar-refractivity contribution >= 4 is 21.6 Å². The van der Waals surface area contributed by atoms with Crippen molar-refractivity contribution in [2.45, 2.75) is 0 Å². The molecule has 3 heterocycles. The molecule has 0 aliphatic heterocycles. The van der Waals surface area contributed by atoms with Gasteiger partial charge in [-0.2, -0.15) is 0 Å². The first-order chi connectivity index (χ1) is 13.4. The minimum atomic E-state index is 0.468. The first-order valence-corrected chi connectivity index (χ1v) is 9.08. The molecule has 0 atom stereocenters. The van der Waals surface area contributed by atoms with Gasteiger partial charge in [-0.15, -0.1) is 21.5 Å². The summed E-state index contributed by atoms with van der Waals surface area (Å²) in [6.07, 6.45) is 2.83. The first kappa shape index (κ1) is 15.7. The average Bonchev–Trinajstić information content (AvgIpc) is 3.40. The zero-order valence-electron chi connectivity index (χ0n) is 13.9. The summed E-state index contributed by atoms with van der Waals surface area (Å²) in [5, 5.41) is 10.6. The van der Waals surface area contributed by atoms with Crippen LogP contribution in [0.3, 0.4) is 0 Å². The number of nitrogens with zero attached hydrogens (tertiary/aromatic N) is 4. The maximum atomic E-state index is 6.07. The third-order valence-electron chi connectivity index (χ3n) is 4.10. The van der Waals surface area contributed by atoms with Crippen LogP contribution in [0.1, 0.15) is 0 Å². The lowest BCUT2D eigenvalue weighted by atomic mass is 10.1. The lowest BCUT2D eigenvalue weighted by Crippen LogP contribution is -1.91. The fourth-order valence-corrected chi connectivity index (χ4v) is 3.74. The van der Waals surface area contributed by atoms with Crippen molar-refractivity contribution < 1.29 is 9.15 Å². The second kappa shape index (κ2) is 6.62. The Morgan fingerprint density at radius 1 is 0.889 bits per heavy atom. The van der Waals surface area contributed by atoms with Crippen molar-refractivity contribution in [1.29, 1.82) is 0 Å². The molecule has 130 valence electrons. The lowest BCUT2D eigenvalue weighted by Gasteiger charge is -2.08. The highest BCUT2D eigenvalue weighted by Gasteiger charge is 2.15. The number of ether oxygens (including phenoxy) is 1. The molecule has 0 spiro atoms. The van der Waals surface area contributed by atoms with Gasteiger partial charge in [-0.3, -0.25) is 0 Å². The molecule has 27 heavy (non-hydrogen) atoms. The normalized spacial score (nSPS) is 11.0. The van der Waals surface area contributed by atoms with Crippen molar-refractivity contribution in [1.82, 2.24) is 20.2 Å². The Morgan fingerprint density at radius 2 is 1.74 bits per heavy atom. The standard InChI is InChI=1S/C20H12N4O2S/c1-2-4-13(5-3-1)16-10-27-20-17(16)19(21-11-22-20)26-15-8-6-14(7-9-15)18-24-23-12-25-18/h1-12H. The second-order valence-corrected chi connectivity index (χ2v) is 6.60. The fourth-order valence-electron chi connectivity index (χ4n) is 2.83. The van der Waals surface area contributed by atoms with Crippen LogP contribution in [0.15, 0.2) is 77.1 Å². The number of thiophene rings is 1. The average molecular weight is 372 g/mol. The van der Waals surface area contributed by atoms with E-state index in [1.807, 2.05) is 42.5 Å². The fraction of sp³-hybridized carbons (Fsp3) is 0. The van der Waals surface area contributed by atoms with E-state index in [2.05, 4.69) is 37.7 Å². The van der Waals surface area contributed by atoms with Gasteiger partial charge in [0.05, 0.1) is 5.39 Å². The Morgan fingerprint density at radius 3 is 2.52 bits per heavy atom. The van der Waals surface area contributed by atoms with Crippen molar-refractivity contribution in [2.24, 2.45) is 0 Å². The quantitative estimate of drug-likeness (QED) is 0.432. The van der Waals surface area contributed by atoms with Crippen molar-refractivity contribution in [3.8, 4) is 34.2 Å². The molecule has 0 saturated carbocycles. The molecular weight excluding hydrogens is 360 g/mol. The van der Waals surface area contributed by atoms with Gasteiger partial charge < -0.3 is 9.15 Å². The summed E-state index contributed by atoms with van der Waals surface area (Å²) in [5.41, 5.74) is 3.00. The van der Waals surface area contributed by atoms with Crippen LogP contribution in [0.5, 0.6) is 11.6 Å². The van der Waals surface area contributed by atoms with Gasteiger partial charge in [-0.05, 0) is 29.8 Å². The highest BCUT2D eigenvalue weighted by molar-refractivity contribution is 7.17. The molecule has 0 amide bonds. The van der Waals surface area contributed by atoms with E-state index in [0.29, 0.717) is 17.5 Å². The van der Waals surface area contributed by atoms with Crippen LogP contribution in [0, 0.1) is 0 Å². The van der Waals surface area contributed by atoms with Gasteiger partial charge in [-0.1, -0.05) is 30.3 Å². The minimum Gasteiger partial charge on any atom is -0.438 e. The molecule has 5 rings (SSSR count). The maximum absolute atomic E-state index is 6.07. The minimum absolute atomic E-state index is 0.468. The van der Waals surface area contributed by atoms with Crippen LogP contribution >= 0.6 is 11.3 Å². The highest BCUT2D eigenvalue weighted by atomic mass is 32.1. The Kier molecular flexibility index (Phi) is 3.84. The van der Waals surface area contributed by atoms with Crippen LogP contribution in [-0.4, -0.2) is 20.2 Å². The molecule has 2 aromatic carbocycles. The number of rotatable bonds is 4. The molecule has 0 fully saturated rings. The van der Waals surface area contributed by atoms with Crippen molar-refractivity contribution in [3.05, 3.63) is 72.7 Å². The van der Waals surface area contributed by atoms with E-state index in [0.717, 1.165) is 26.9 Å². The van der Waals surface area contributed by atoms with Gasteiger partial charge in [0.15, 0.2) is 0 Å². The largest absolute Gasteiger partial charge is 0.438 e. The summed E-state index contributed by atoms with van der Waals surface area (Å²) in [4.78, 5) is 9.63. The monoisotopic (exact) mass is 372 g/mol. The molecule has 0 bridgehead atoms. The molecule has 7 heteroatoms.